The smallest absolute Gasteiger partial charge is 0.420 e. The van der Waals surface area contributed by atoms with Crippen molar-refractivity contribution in [3.8, 4) is 0 Å². The Labute approximate surface area is 263 Å². The fourth-order valence-corrected chi connectivity index (χ4v) is 6.33. The number of esters is 2. The Balaban J connectivity index is 1.40. The molecule has 2 heterocycles. The van der Waals surface area contributed by atoms with Crippen LogP contribution in [0.2, 0.25) is 0 Å². The van der Waals surface area contributed by atoms with Crippen molar-refractivity contribution in [2.24, 2.45) is 0 Å². The number of carbonyl (C=O) groups is 2. The number of carbonyl (C=O) groups excluding carboxylic acids is 2. The van der Waals surface area contributed by atoms with Crippen molar-refractivity contribution in [1.29, 1.82) is 0 Å². The lowest BCUT2D eigenvalue weighted by atomic mass is 9.96. The molecule has 0 amide bonds. The average Bonchev–Trinajstić information content (AvgIpc) is 3.05. The molecule has 6 unspecified atom stereocenters. The Hall–Kier alpha value is -2.78. The minimum absolute atomic E-state index is 0.0323. The highest BCUT2D eigenvalue weighted by atomic mass is 16.8. The van der Waals surface area contributed by atoms with Gasteiger partial charge in [0.1, 0.15) is 0 Å². The molecule has 2 aromatic carbocycles. The quantitative estimate of drug-likeness (QED) is 0.177. The summed E-state index contributed by atoms with van der Waals surface area (Å²) < 4.78 is 24.7. The summed E-state index contributed by atoms with van der Waals surface area (Å²) in [5, 5.41) is 7.04. The van der Waals surface area contributed by atoms with E-state index in [4.69, 9.17) is 18.9 Å². The number of ether oxygens (including phenoxy) is 4. The fraction of sp³-hybridized carbons (Fsp3) is 0.611. The van der Waals surface area contributed by atoms with Crippen LogP contribution in [0.4, 0.5) is 0 Å². The Morgan fingerprint density at radius 3 is 1.48 bits per heavy atom. The normalized spacial score (nSPS) is 26.8. The van der Waals surface area contributed by atoms with Gasteiger partial charge in [-0.2, -0.15) is 0 Å². The summed E-state index contributed by atoms with van der Waals surface area (Å²) in [5.41, 5.74) is 2.35. The molecule has 2 saturated heterocycles. The first-order chi connectivity index (χ1) is 21.3. The highest BCUT2D eigenvalue weighted by Gasteiger charge is 2.45. The maximum absolute atomic E-state index is 13.4. The molecular formula is C36H52N2O6. The highest BCUT2D eigenvalue weighted by molar-refractivity contribution is 6.29. The van der Waals surface area contributed by atoms with Crippen molar-refractivity contribution < 1.29 is 28.5 Å². The van der Waals surface area contributed by atoms with Crippen LogP contribution in [0.1, 0.15) is 115 Å². The molecule has 0 aliphatic carbocycles. The van der Waals surface area contributed by atoms with Gasteiger partial charge in [-0.15, -0.1) is 0 Å². The van der Waals surface area contributed by atoms with Crippen molar-refractivity contribution >= 4 is 11.9 Å². The van der Waals surface area contributed by atoms with E-state index in [1.165, 1.54) is 11.1 Å². The zero-order valence-corrected chi connectivity index (χ0v) is 27.0. The highest BCUT2D eigenvalue weighted by Crippen LogP contribution is 2.37. The summed E-state index contributed by atoms with van der Waals surface area (Å²) in [6.07, 6.45) is 6.98. The van der Waals surface area contributed by atoms with E-state index in [2.05, 4.69) is 62.6 Å². The molecule has 4 rings (SSSR count). The molecular weight excluding hydrogens is 556 g/mol. The van der Waals surface area contributed by atoms with E-state index < -0.39 is 23.5 Å². The van der Waals surface area contributed by atoms with Crippen LogP contribution in [0.3, 0.4) is 0 Å². The first-order valence-corrected chi connectivity index (χ1v) is 16.7. The number of benzene rings is 2. The van der Waals surface area contributed by atoms with Gasteiger partial charge in [0, 0.05) is 50.9 Å². The number of rotatable bonds is 14. The van der Waals surface area contributed by atoms with E-state index in [-0.39, 0.29) is 24.3 Å². The van der Waals surface area contributed by atoms with E-state index in [1.807, 2.05) is 36.4 Å². The second-order valence-electron chi connectivity index (χ2n) is 12.4. The summed E-state index contributed by atoms with van der Waals surface area (Å²) >= 11 is 0. The molecule has 0 radical (unpaired) electrons. The van der Waals surface area contributed by atoms with Crippen LogP contribution in [0.5, 0.6) is 0 Å². The lowest BCUT2D eigenvalue weighted by Crippen LogP contribution is -2.50. The predicted octanol–water partition coefficient (Wildman–Crippen LogP) is 6.91. The van der Waals surface area contributed by atoms with Gasteiger partial charge in [-0.3, -0.25) is 0 Å². The zero-order chi connectivity index (χ0) is 31.4. The second-order valence-corrected chi connectivity index (χ2v) is 12.4. The monoisotopic (exact) mass is 608 g/mol. The van der Waals surface area contributed by atoms with Gasteiger partial charge in [0.2, 0.25) is 11.6 Å². The van der Waals surface area contributed by atoms with E-state index in [1.54, 1.807) is 0 Å². The molecule has 44 heavy (non-hydrogen) atoms. The SMILES string of the molecule is CCC1CCCC(CCNC(C)c2ccccc2)(OC(=O)C(=O)OC2(CCNC(C)c3ccccc3)CCCC(CC)O2)O1. The van der Waals surface area contributed by atoms with Crippen molar-refractivity contribution in [3.05, 3.63) is 71.8 Å². The molecule has 8 heteroatoms. The van der Waals surface area contributed by atoms with E-state index in [9.17, 15) is 9.59 Å². The fourth-order valence-electron chi connectivity index (χ4n) is 6.33. The summed E-state index contributed by atoms with van der Waals surface area (Å²) in [6.45, 7) is 9.45. The standard InChI is InChI=1S/C36H52N2O6/c1-5-31-19-13-21-35(41-31,23-25-37-27(3)29-15-9-7-10-16-29)43-33(39)34(40)44-36(22-14-20-32(6-2)42-36)24-26-38-28(4)30-17-11-8-12-18-30/h7-12,15-18,27-28,31-32,37-38H,5-6,13-14,19-26H2,1-4H3. The molecule has 242 valence electrons. The first-order valence-electron chi connectivity index (χ1n) is 16.7. The summed E-state index contributed by atoms with van der Waals surface area (Å²) in [5.74, 6) is -4.41. The lowest BCUT2D eigenvalue weighted by Gasteiger charge is -2.42. The molecule has 2 fully saturated rings. The number of hydrogen-bond acceptors (Lipinski definition) is 8. The third-order valence-corrected chi connectivity index (χ3v) is 9.08. The molecule has 0 spiro atoms. The van der Waals surface area contributed by atoms with E-state index in [0.29, 0.717) is 38.8 Å². The number of nitrogens with one attached hydrogen (secondary N) is 2. The molecule has 6 atom stereocenters. The van der Waals surface area contributed by atoms with E-state index in [0.717, 1.165) is 38.5 Å². The van der Waals surface area contributed by atoms with Crippen molar-refractivity contribution in [1.82, 2.24) is 10.6 Å². The maximum atomic E-state index is 13.4. The van der Waals surface area contributed by atoms with Crippen LogP contribution < -0.4 is 10.6 Å². The van der Waals surface area contributed by atoms with Crippen molar-refractivity contribution in [2.75, 3.05) is 13.1 Å². The second kappa shape index (κ2) is 16.5. The van der Waals surface area contributed by atoms with Crippen LogP contribution in [0.15, 0.2) is 60.7 Å². The molecule has 0 saturated carbocycles. The van der Waals surface area contributed by atoms with Gasteiger partial charge in [0.15, 0.2) is 0 Å². The average molecular weight is 609 g/mol. The van der Waals surface area contributed by atoms with Gasteiger partial charge in [-0.05, 0) is 63.5 Å². The third-order valence-electron chi connectivity index (χ3n) is 9.08. The third kappa shape index (κ3) is 9.61. The Bertz CT molecular complexity index is 1070. The van der Waals surface area contributed by atoms with Crippen LogP contribution in [-0.4, -0.2) is 48.8 Å². The molecule has 2 N–H and O–H groups in total. The molecule has 2 aliphatic heterocycles. The molecule has 0 bridgehead atoms. The van der Waals surface area contributed by atoms with Crippen LogP contribution in [-0.2, 0) is 28.5 Å². The van der Waals surface area contributed by atoms with Gasteiger partial charge in [0.25, 0.3) is 0 Å². The van der Waals surface area contributed by atoms with Crippen molar-refractivity contribution in [2.45, 2.75) is 128 Å². The van der Waals surface area contributed by atoms with Gasteiger partial charge >= 0.3 is 11.9 Å². The topological polar surface area (TPSA) is 95.1 Å². The van der Waals surface area contributed by atoms with Gasteiger partial charge in [0.05, 0.1) is 12.2 Å². The molecule has 2 aromatic rings. The zero-order valence-electron chi connectivity index (χ0n) is 27.0. The van der Waals surface area contributed by atoms with Crippen LogP contribution in [0.25, 0.3) is 0 Å². The predicted molar refractivity (Wildman–Crippen MR) is 171 cm³/mol. The molecule has 8 nitrogen and oxygen atoms in total. The number of hydrogen-bond donors (Lipinski definition) is 2. The molecule has 2 aliphatic rings. The summed E-state index contributed by atoms with van der Waals surface area (Å²) in [7, 11) is 0. The Kier molecular flexibility index (Phi) is 12.8. The lowest BCUT2D eigenvalue weighted by molar-refractivity contribution is -0.286. The summed E-state index contributed by atoms with van der Waals surface area (Å²) in [4.78, 5) is 26.8. The maximum Gasteiger partial charge on any atom is 0.420 e. The van der Waals surface area contributed by atoms with E-state index >= 15 is 0 Å². The largest absolute Gasteiger partial charge is 0.425 e. The minimum atomic E-state index is -1.18. The van der Waals surface area contributed by atoms with Crippen LogP contribution in [0, 0.1) is 0 Å². The van der Waals surface area contributed by atoms with Gasteiger partial charge < -0.3 is 29.6 Å². The van der Waals surface area contributed by atoms with Crippen LogP contribution >= 0.6 is 0 Å². The van der Waals surface area contributed by atoms with Gasteiger partial charge in [-0.1, -0.05) is 74.5 Å². The first kappa shape index (κ1) is 34.1. The summed E-state index contributed by atoms with van der Waals surface area (Å²) in [6, 6.07) is 20.6. The minimum Gasteiger partial charge on any atom is -0.425 e. The Morgan fingerprint density at radius 2 is 1.11 bits per heavy atom. The van der Waals surface area contributed by atoms with Crippen molar-refractivity contribution in [3.63, 3.8) is 0 Å². The molecule has 0 aromatic heterocycles. The Morgan fingerprint density at radius 1 is 0.727 bits per heavy atom. The van der Waals surface area contributed by atoms with Gasteiger partial charge in [-0.25, -0.2) is 9.59 Å².